The maximum absolute atomic E-state index is 11.2. The molecule has 4 N–H and O–H groups in total. The van der Waals surface area contributed by atoms with Crippen LogP contribution in [0.5, 0.6) is 0 Å². The molecular formula is C8H12N4O5. The number of carboxylic acid groups (broad SMARTS) is 1. The lowest BCUT2D eigenvalue weighted by molar-refractivity contribution is -0.140. The summed E-state index contributed by atoms with van der Waals surface area (Å²) in [5, 5.41) is 25.1. The average Bonchev–Trinajstić information content (AvgIpc) is 2.78. The summed E-state index contributed by atoms with van der Waals surface area (Å²) in [5.74, 6) is -0.943. The van der Waals surface area contributed by atoms with Gasteiger partial charge in [-0.15, -0.1) is 0 Å². The molecule has 1 heterocycles. The molecule has 2 amide bonds. The monoisotopic (exact) mass is 244 g/mol. The van der Waals surface area contributed by atoms with Crippen molar-refractivity contribution in [1.82, 2.24) is 20.8 Å². The van der Waals surface area contributed by atoms with Gasteiger partial charge in [0.05, 0.1) is 6.61 Å². The zero-order valence-electron chi connectivity index (χ0n) is 8.79. The Kier molecular flexibility index (Phi) is 4.88. The number of aliphatic hydroxyl groups is 1. The number of carbonyl (C=O) groups is 2. The predicted octanol–water partition coefficient (Wildman–Crippen LogP) is -1.64. The van der Waals surface area contributed by atoms with Crippen molar-refractivity contribution >= 4 is 12.0 Å². The predicted molar refractivity (Wildman–Crippen MR) is 53.0 cm³/mol. The van der Waals surface area contributed by atoms with Gasteiger partial charge >= 0.3 is 12.0 Å². The van der Waals surface area contributed by atoms with E-state index in [9.17, 15) is 9.59 Å². The van der Waals surface area contributed by atoms with E-state index in [-0.39, 0.29) is 6.54 Å². The van der Waals surface area contributed by atoms with E-state index in [2.05, 4.69) is 25.3 Å². The first kappa shape index (κ1) is 12.9. The number of nitrogens with zero attached hydrogens (tertiary/aromatic N) is 2. The second-order valence-electron chi connectivity index (χ2n) is 3.06. The van der Waals surface area contributed by atoms with Crippen LogP contribution >= 0.6 is 0 Å². The first-order valence-corrected chi connectivity index (χ1v) is 4.77. The molecule has 0 aliphatic rings. The van der Waals surface area contributed by atoms with Crippen molar-refractivity contribution in [3.05, 3.63) is 12.2 Å². The van der Waals surface area contributed by atoms with E-state index in [1.807, 2.05) is 0 Å². The number of aliphatic carboxylic acids is 1. The van der Waals surface area contributed by atoms with Gasteiger partial charge in [-0.25, -0.2) is 9.59 Å². The van der Waals surface area contributed by atoms with Crippen LogP contribution in [0.25, 0.3) is 0 Å². The molecule has 1 unspecified atom stereocenters. The highest BCUT2D eigenvalue weighted by Crippen LogP contribution is 1.90. The standard InChI is InChI=1S/C8H12N4O5/c13-3-5(7(14)15)12-8(16)9-2-1-6-10-4-11-17-6/h4-5,13H,1-3H2,(H,14,15)(H2,9,12,16). The number of hydrogen-bond acceptors (Lipinski definition) is 6. The van der Waals surface area contributed by atoms with E-state index < -0.39 is 24.6 Å². The van der Waals surface area contributed by atoms with Crippen molar-refractivity contribution in [3.63, 3.8) is 0 Å². The highest BCUT2D eigenvalue weighted by Gasteiger charge is 2.18. The van der Waals surface area contributed by atoms with E-state index >= 15 is 0 Å². The van der Waals surface area contributed by atoms with Gasteiger partial charge in [-0.2, -0.15) is 4.98 Å². The molecule has 1 atom stereocenters. The third-order valence-electron chi connectivity index (χ3n) is 1.82. The Hall–Kier alpha value is -2.16. The summed E-state index contributed by atoms with van der Waals surface area (Å²) in [4.78, 5) is 25.4. The molecule has 0 aromatic carbocycles. The normalized spacial score (nSPS) is 11.8. The number of hydrogen-bond donors (Lipinski definition) is 4. The minimum atomic E-state index is -1.32. The summed E-state index contributed by atoms with van der Waals surface area (Å²) in [5.41, 5.74) is 0. The van der Waals surface area contributed by atoms with Gasteiger partial charge in [-0.05, 0) is 0 Å². The lowest BCUT2D eigenvalue weighted by Crippen LogP contribution is -2.48. The first-order chi connectivity index (χ1) is 8.13. The van der Waals surface area contributed by atoms with E-state index in [4.69, 9.17) is 10.2 Å². The van der Waals surface area contributed by atoms with Crippen molar-refractivity contribution in [2.24, 2.45) is 0 Å². The second kappa shape index (κ2) is 6.43. The number of urea groups is 1. The Balaban J connectivity index is 2.23. The van der Waals surface area contributed by atoms with Crippen LogP contribution in [-0.4, -0.2) is 51.5 Å². The number of carboxylic acids is 1. The molecule has 1 rings (SSSR count). The third kappa shape index (κ3) is 4.47. The summed E-state index contributed by atoms with van der Waals surface area (Å²) in [6.45, 7) is -0.460. The van der Waals surface area contributed by atoms with Crippen molar-refractivity contribution < 1.29 is 24.3 Å². The first-order valence-electron chi connectivity index (χ1n) is 4.77. The van der Waals surface area contributed by atoms with Gasteiger partial charge in [-0.1, -0.05) is 5.16 Å². The maximum Gasteiger partial charge on any atom is 0.328 e. The Morgan fingerprint density at radius 1 is 1.53 bits per heavy atom. The fraction of sp³-hybridized carbons (Fsp3) is 0.500. The molecule has 0 spiro atoms. The second-order valence-corrected chi connectivity index (χ2v) is 3.06. The SMILES string of the molecule is O=C(NCCc1ncno1)NC(CO)C(=O)O. The number of carbonyl (C=O) groups excluding carboxylic acids is 1. The molecule has 9 heteroatoms. The van der Waals surface area contributed by atoms with Crippen LogP contribution in [-0.2, 0) is 11.2 Å². The molecule has 17 heavy (non-hydrogen) atoms. The Morgan fingerprint density at radius 3 is 2.82 bits per heavy atom. The summed E-state index contributed by atoms with van der Waals surface area (Å²) < 4.78 is 4.69. The number of nitrogens with one attached hydrogen (secondary N) is 2. The van der Waals surface area contributed by atoms with Crippen molar-refractivity contribution in [3.8, 4) is 0 Å². The number of amides is 2. The Bertz CT molecular complexity index is 366. The van der Waals surface area contributed by atoms with Gasteiger partial charge in [0.2, 0.25) is 5.89 Å². The number of rotatable bonds is 6. The largest absolute Gasteiger partial charge is 0.480 e. The van der Waals surface area contributed by atoms with E-state index in [1.165, 1.54) is 6.33 Å². The maximum atomic E-state index is 11.2. The van der Waals surface area contributed by atoms with Gasteiger partial charge < -0.3 is 25.4 Å². The number of aliphatic hydroxyl groups excluding tert-OH is 1. The smallest absolute Gasteiger partial charge is 0.328 e. The van der Waals surface area contributed by atoms with Crippen molar-refractivity contribution in [2.75, 3.05) is 13.2 Å². The van der Waals surface area contributed by atoms with Gasteiger partial charge in [0.15, 0.2) is 12.4 Å². The molecule has 0 bridgehead atoms. The molecule has 0 aliphatic carbocycles. The molecule has 9 nitrogen and oxygen atoms in total. The van der Waals surface area contributed by atoms with Crippen LogP contribution in [0.3, 0.4) is 0 Å². The van der Waals surface area contributed by atoms with Crippen molar-refractivity contribution in [2.45, 2.75) is 12.5 Å². The molecule has 0 saturated heterocycles. The van der Waals surface area contributed by atoms with Crippen LogP contribution in [0.1, 0.15) is 5.89 Å². The minimum Gasteiger partial charge on any atom is -0.480 e. The van der Waals surface area contributed by atoms with Gasteiger partial charge in [0, 0.05) is 13.0 Å². The molecule has 0 aliphatic heterocycles. The van der Waals surface area contributed by atoms with Gasteiger partial charge in [0.25, 0.3) is 0 Å². The Morgan fingerprint density at radius 2 is 2.29 bits per heavy atom. The molecule has 1 aromatic heterocycles. The summed E-state index contributed by atoms with van der Waals surface area (Å²) >= 11 is 0. The van der Waals surface area contributed by atoms with Crippen LogP contribution < -0.4 is 10.6 Å². The minimum absolute atomic E-state index is 0.214. The average molecular weight is 244 g/mol. The number of aromatic nitrogens is 2. The molecule has 0 saturated carbocycles. The van der Waals surface area contributed by atoms with E-state index in [0.29, 0.717) is 12.3 Å². The van der Waals surface area contributed by atoms with Crippen molar-refractivity contribution in [1.29, 1.82) is 0 Å². The third-order valence-corrected chi connectivity index (χ3v) is 1.82. The fourth-order valence-electron chi connectivity index (χ4n) is 0.984. The summed E-state index contributed by atoms with van der Waals surface area (Å²) in [7, 11) is 0. The molecule has 1 aromatic rings. The highest BCUT2D eigenvalue weighted by molar-refractivity contribution is 5.82. The molecule has 94 valence electrons. The van der Waals surface area contributed by atoms with Crippen LogP contribution in [0.2, 0.25) is 0 Å². The Labute approximate surface area is 95.8 Å². The summed E-state index contributed by atoms with van der Waals surface area (Å²) in [6.07, 6.45) is 1.58. The molecule has 0 fully saturated rings. The van der Waals surface area contributed by atoms with Crippen LogP contribution in [0.4, 0.5) is 4.79 Å². The topological polar surface area (TPSA) is 138 Å². The lowest BCUT2D eigenvalue weighted by Gasteiger charge is -2.11. The van der Waals surface area contributed by atoms with Crippen LogP contribution in [0, 0.1) is 0 Å². The quantitative estimate of drug-likeness (QED) is 0.470. The zero-order chi connectivity index (χ0) is 12.7. The molecular weight excluding hydrogens is 232 g/mol. The van der Waals surface area contributed by atoms with Gasteiger partial charge in [0.1, 0.15) is 0 Å². The fourth-order valence-corrected chi connectivity index (χ4v) is 0.984. The van der Waals surface area contributed by atoms with E-state index in [1.54, 1.807) is 0 Å². The zero-order valence-corrected chi connectivity index (χ0v) is 8.79. The highest BCUT2D eigenvalue weighted by atomic mass is 16.5. The van der Waals surface area contributed by atoms with Crippen LogP contribution in [0.15, 0.2) is 10.9 Å². The van der Waals surface area contributed by atoms with E-state index in [0.717, 1.165) is 0 Å². The van der Waals surface area contributed by atoms with Gasteiger partial charge in [-0.3, -0.25) is 0 Å². The molecule has 0 radical (unpaired) electrons. The lowest BCUT2D eigenvalue weighted by atomic mass is 10.3. The summed E-state index contributed by atoms with van der Waals surface area (Å²) in [6, 6.07) is -2.01.